The van der Waals surface area contributed by atoms with E-state index in [1.807, 2.05) is 6.20 Å². The zero-order chi connectivity index (χ0) is 13.5. The van der Waals surface area contributed by atoms with Crippen LogP contribution in [0.4, 0.5) is 5.82 Å². The first kappa shape index (κ1) is 15.0. The van der Waals surface area contributed by atoms with Gasteiger partial charge in [-0.1, -0.05) is 19.8 Å². The Morgan fingerprint density at radius 1 is 1.56 bits per heavy atom. The van der Waals surface area contributed by atoms with Crippen LogP contribution < -0.4 is 10.2 Å². The summed E-state index contributed by atoms with van der Waals surface area (Å²) in [6.45, 7) is 8.57. The van der Waals surface area contributed by atoms with Crippen molar-refractivity contribution in [2.45, 2.75) is 33.4 Å². The van der Waals surface area contributed by atoms with Gasteiger partial charge in [0.1, 0.15) is 5.82 Å². The van der Waals surface area contributed by atoms with Crippen LogP contribution in [-0.4, -0.2) is 24.1 Å². The van der Waals surface area contributed by atoms with E-state index in [2.05, 4.69) is 63.9 Å². The van der Waals surface area contributed by atoms with E-state index in [0.717, 1.165) is 28.9 Å². The standard InChI is InChI=1S/C14H20BrN3/c1-5-7-18(6-2)14-12(9-16-11(3)4)8-13(15)10-17-14/h1,8,10-11,16H,6-7,9H2,2-4H3. The zero-order valence-electron chi connectivity index (χ0n) is 11.2. The number of hydrogen-bond donors (Lipinski definition) is 1. The van der Waals surface area contributed by atoms with Crippen LogP contribution in [0.25, 0.3) is 0 Å². The van der Waals surface area contributed by atoms with Crippen LogP contribution in [0, 0.1) is 12.3 Å². The van der Waals surface area contributed by atoms with Crippen molar-refractivity contribution >= 4 is 21.7 Å². The molecule has 0 saturated carbocycles. The summed E-state index contributed by atoms with van der Waals surface area (Å²) in [4.78, 5) is 6.59. The number of aromatic nitrogens is 1. The number of halogens is 1. The summed E-state index contributed by atoms with van der Waals surface area (Å²) >= 11 is 3.46. The molecule has 0 radical (unpaired) electrons. The number of nitrogens with zero attached hydrogens (tertiary/aromatic N) is 2. The minimum Gasteiger partial charge on any atom is -0.345 e. The highest BCUT2D eigenvalue weighted by atomic mass is 79.9. The van der Waals surface area contributed by atoms with Crippen LogP contribution >= 0.6 is 15.9 Å². The van der Waals surface area contributed by atoms with Gasteiger partial charge in [0.2, 0.25) is 0 Å². The van der Waals surface area contributed by atoms with E-state index < -0.39 is 0 Å². The maximum absolute atomic E-state index is 5.40. The van der Waals surface area contributed by atoms with Crippen LogP contribution in [0.2, 0.25) is 0 Å². The third kappa shape index (κ3) is 4.32. The third-order valence-corrected chi connectivity index (χ3v) is 3.01. The van der Waals surface area contributed by atoms with E-state index in [1.54, 1.807) is 0 Å². The maximum Gasteiger partial charge on any atom is 0.133 e. The molecule has 0 unspecified atom stereocenters. The Morgan fingerprint density at radius 3 is 2.83 bits per heavy atom. The smallest absolute Gasteiger partial charge is 0.133 e. The Hall–Kier alpha value is -1.05. The molecule has 98 valence electrons. The van der Waals surface area contributed by atoms with Gasteiger partial charge in [-0.2, -0.15) is 0 Å². The molecule has 0 bridgehead atoms. The molecule has 1 N–H and O–H groups in total. The van der Waals surface area contributed by atoms with Crippen molar-refractivity contribution in [2.75, 3.05) is 18.0 Å². The largest absolute Gasteiger partial charge is 0.345 e. The highest BCUT2D eigenvalue weighted by Gasteiger charge is 2.11. The summed E-state index contributed by atoms with van der Waals surface area (Å²) in [6, 6.07) is 2.54. The van der Waals surface area contributed by atoms with E-state index in [-0.39, 0.29) is 0 Å². The number of terminal acetylenes is 1. The van der Waals surface area contributed by atoms with Crippen LogP contribution in [0.3, 0.4) is 0 Å². The average molecular weight is 310 g/mol. The summed E-state index contributed by atoms with van der Waals surface area (Å²) < 4.78 is 0.989. The Bertz CT molecular complexity index is 424. The molecule has 0 spiro atoms. The van der Waals surface area contributed by atoms with Gasteiger partial charge in [0.05, 0.1) is 6.54 Å². The molecule has 0 saturated heterocycles. The first-order valence-electron chi connectivity index (χ1n) is 6.14. The molecule has 0 amide bonds. The maximum atomic E-state index is 5.40. The summed E-state index contributed by atoms with van der Waals surface area (Å²) in [5.74, 6) is 3.64. The van der Waals surface area contributed by atoms with E-state index in [4.69, 9.17) is 6.42 Å². The van der Waals surface area contributed by atoms with E-state index in [9.17, 15) is 0 Å². The van der Waals surface area contributed by atoms with E-state index in [0.29, 0.717) is 12.6 Å². The Kier molecular flexibility index (Phi) is 6.17. The predicted octanol–water partition coefficient (Wildman–Crippen LogP) is 2.80. The second kappa shape index (κ2) is 7.40. The normalized spacial score (nSPS) is 10.4. The van der Waals surface area contributed by atoms with Crippen molar-refractivity contribution in [3.8, 4) is 12.3 Å². The number of anilines is 1. The SMILES string of the molecule is C#CCN(CC)c1ncc(Br)cc1CNC(C)C. The summed E-state index contributed by atoms with van der Waals surface area (Å²) in [5, 5.41) is 3.41. The first-order valence-corrected chi connectivity index (χ1v) is 6.94. The van der Waals surface area contributed by atoms with Gasteiger partial charge in [0, 0.05) is 35.4 Å². The van der Waals surface area contributed by atoms with Crippen molar-refractivity contribution in [3.05, 3.63) is 22.3 Å². The minimum absolute atomic E-state index is 0.444. The molecular formula is C14H20BrN3. The van der Waals surface area contributed by atoms with Crippen molar-refractivity contribution in [1.29, 1.82) is 0 Å². The fourth-order valence-electron chi connectivity index (χ4n) is 1.65. The Morgan fingerprint density at radius 2 is 2.28 bits per heavy atom. The van der Waals surface area contributed by atoms with Gasteiger partial charge in [-0.05, 0) is 28.9 Å². The Labute approximate surface area is 118 Å². The van der Waals surface area contributed by atoms with Crippen LogP contribution in [0.15, 0.2) is 16.7 Å². The molecule has 1 aromatic rings. The lowest BCUT2D eigenvalue weighted by molar-refractivity contribution is 0.587. The molecule has 0 atom stereocenters. The molecule has 1 aromatic heterocycles. The van der Waals surface area contributed by atoms with Crippen LogP contribution in [-0.2, 0) is 6.54 Å². The Balaban J connectivity index is 2.98. The van der Waals surface area contributed by atoms with Gasteiger partial charge in [-0.15, -0.1) is 6.42 Å². The molecule has 4 heteroatoms. The van der Waals surface area contributed by atoms with Crippen LogP contribution in [0.5, 0.6) is 0 Å². The fraction of sp³-hybridized carbons (Fsp3) is 0.500. The molecular weight excluding hydrogens is 290 g/mol. The molecule has 18 heavy (non-hydrogen) atoms. The van der Waals surface area contributed by atoms with Crippen molar-refractivity contribution in [3.63, 3.8) is 0 Å². The van der Waals surface area contributed by atoms with Gasteiger partial charge >= 0.3 is 0 Å². The summed E-state index contributed by atoms with van der Waals surface area (Å²) in [5.41, 5.74) is 1.16. The van der Waals surface area contributed by atoms with Crippen LogP contribution in [0.1, 0.15) is 26.3 Å². The van der Waals surface area contributed by atoms with E-state index >= 15 is 0 Å². The zero-order valence-corrected chi connectivity index (χ0v) is 12.8. The fourth-order valence-corrected chi connectivity index (χ4v) is 2.03. The topological polar surface area (TPSA) is 28.2 Å². The van der Waals surface area contributed by atoms with Crippen molar-refractivity contribution in [2.24, 2.45) is 0 Å². The van der Waals surface area contributed by atoms with Crippen molar-refractivity contribution < 1.29 is 0 Å². The molecule has 0 aliphatic carbocycles. The monoisotopic (exact) mass is 309 g/mol. The lowest BCUT2D eigenvalue weighted by Crippen LogP contribution is -2.28. The van der Waals surface area contributed by atoms with Gasteiger partial charge in [-0.25, -0.2) is 4.98 Å². The van der Waals surface area contributed by atoms with Gasteiger partial charge in [0.25, 0.3) is 0 Å². The number of rotatable bonds is 6. The van der Waals surface area contributed by atoms with Gasteiger partial charge in [0.15, 0.2) is 0 Å². The molecule has 0 aliphatic rings. The molecule has 0 aliphatic heterocycles. The predicted molar refractivity (Wildman–Crippen MR) is 80.6 cm³/mol. The van der Waals surface area contributed by atoms with E-state index in [1.165, 1.54) is 0 Å². The number of hydrogen-bond acceptors (Lipinski definition) is 3. The highest BCUT2D eigenvalue weighted by molar-refractivity contribution is 9.10. The minimum atomic E-state index is 0.444. The quantitative estimate of drug-likeness (QED) is 0.819. The second-order valence-electron chi connectivity index (χ2n) is 4.39. The molecule has 1 heterocycles. The molecule has 0 aromatic carbocycles. The molecule has 0 fully saturated rings. The summed E-state index contributed by atoms with van der Waals surface area (Å²) in [7, 11) is 0. The third-order valence-electron chi connectivity index (χ3n) is 2.57. The van der Waals surface area contributed by atoms with Crippen molar-refractivity contribution in [1.82, 2.24) is 10.3 Å². The first-order chi connectivity index (χ1) is 8.58. The number of pyridine rings is 1. The number of nitrogens with one attached hydrogen (secondary N) is 1. The van der Waals surface area contributed by atoms with Gasteiger partial charge < -0.3 is 10.2 Å². The highest BCUT2D eigenvalue weighted by Crippen LogP contribution is 2.21. The van der Waals surface area contributed by atoms with Gasteiger partial charge in [-0.3, -0.25) is 0 Å². The second-order valence-corrected chi connectivity index (χ2v) is 5.31. The lowest BCUT2D eigenvalue weighted by Gasteiger charge is -2.23. The molecule has 3 nitrogen and oxygen atoms in total. The molecule has 1 rings (SSSR count). The summed E-state index contributed by atoms with van der Waals surface area (Å²) in [6.07, 6.45) is 7.21. The lowest BCUT2D eigenvalue weighted by atomic mass is 10.2. The average Bonchev–Trinajstić information content (AvgIpc) is 2.34.